The zero-order chi connectivity index (χ0) is 34.5. The third-order valence-corrected chi connectivity index (χ3v) is 10.5. The predicted octanol–water partition coefficient (Wildman–Crippen LogP) is 11.2. The van der Waals surface area contributed by atoms with Gasteiger partial charge in [-0.05, 0) is 93.7 Å². The van der Waals surface area contributed by atoms with Crippen LogP contribution < -0.4 is 9.47 Å². The normalized spacial score (nSPS) is 15.1. The maximum absolute atomic E-state index is 13.3. The van der Waals surface area contributed by atoms with Crippen LogP contribution in [0.2, 0.25) is 0 Å². The zero-order valence-electron chi connectivity index (χ0n) is 30.4. The topological polar surface area (TPSA) is 62.6 Å². The van der Waals surface area contributed by atoms with Gasteiger partial charge in [-0.1, -0.05) is 109 Å². The number of ketones is 1. The zero-order valence-corrected chi connectivity index (χ0v) is 30.4. The number of halogens is 1. The molecular formula is C42H63FN2O3. The van der Waals surface area contributed by atoms with Gasteiger partial charge in [-0.15, -0.1) is 0 Å². The third-order valence-electron chi connectivity index (χ3n) is 10.5. The van der Waals surface area contributed by atoms with Crippen LogP contribution in [0.1, 0.15) is 151 Å². The van der Waals surface area contributed by atoms with Gasteiger partial charge in [0.05, 0.1) is 25.7 Å². The standard InChI is InChI=1S/C42H63FN2O3/c1-4-5-6-7-8-9-10-11-12-13-14-17-28-42(34-44,37-22-25-39(47-2)40(33-37)48-3)29-18-15-16-19-30-45-31-26-36(27-32-45)41(46)35-20-23-38(43)24-21-35/h20-25,33,36H,4-19,26-32H2,1-3H3. The van der Waals surface area contributed by atoms with Crippen LogP contribution in [0.15, 0.2) is 42.5 Å². The van der Waals surface area contributed by atoms with Crippen molar-refractivity contribution in [3.05, 3.63) is 59.4 Å². The van der Waals surface area contributed by atoms with Crippen LogP contribution >= 0.6 is 0 Å². The summed E-state index contributed by atoms with van der Waals surface area (Å²) in [5, 5.41) is 10.6. The Bertz CT molecular complexity index is 1220. The van der Waals surface area contributed by atoms with E-state index in [-0.39, 0.29) is 17.5 Å². The summed E-state index contributed by atoms with van der Waals surface area (Å²) in [4.78, 5) is 15.3. The fourth-order valence-electron chi connectivity index (χ4n) is 7.38. The number of likely N-dealkylation sites (tertiary alicyclic amines) is 1. The van der Waals surface area contributed by atoms with Crippen molar-refractivity contribution in [3.8, 4) is 17.6 Å². The first-order valence-electron chi connectivity index (χ1n) is 19.1. The molecule has 1 aliphatic rings. The lowest BCUT2D eigenvalue weighted by Crippen LogP contribution is -2.36. The van der Waals surface area contributed by atoms with E-state index >= 15 is 0 Å². The molecule has 48 heavy (non-hydrogen) atoms. The number of Topliss-reactive ketones (excluding diaryl/α,β-unsaturated/α-hetero) is 1. The van der Waals surface area contributed by atoms with Crippen LogP contribution in [-0.4, -0.2) is 44.5 Å². The molecule has 5 nitrogen and oxygen atoms in total. The molecule has 1 fully saturated rings. The number of carbonyl (C=O) groups excluding carboxylic acids is 1. The van der Waals surface area contributed by atoms with E-state index in [4.69, 9.17) is 9.47 Å². The van der Waals surface area contributed by atoms with Crippen LogP contribution in [0, 0.1) is 23.1 Å². The minimum absolute atomic E-state index is 0.0347. The van der Waals surface area contributed by atoms with E-state index in [1.54, 1.807) is 26.4 Å². The van der Waals surface area contributed by atoms with Crippen molar-refractivity contribution in [1.29, 1.82) is 5.26 Å². The molecule has 0 saturated carbocycles. The van der Waals surface area contributed by atoms with Crippen LogP contribution in [-0.2, 0) is 5.41 Å². The number of carbonyl (C=O) groups is 1. The molecule has 0 aromatic heterocycles. The summed E-state index contributed by atoms with van der Waals surface area (Å²) < 4.78 is 24.4. The molecule has 0 aliphatic carbocycles. The number of hydrogen-bond donors (Lipinski definition) is 0. The van der Waals surface area contributed by atoms with Crippen molar-refractivity contribution in [1.82, 2.24) is 4.90 Å². The van der Waals surface area contributed by atoms with Crippen LogP contribution in [0.3, 0.4) is 0 Å². The Morgan fingerprint density at radius 1 is 0.771 bits per heavy atom. The van der Waals surface area contributed by atoms with Gasteiger partial charge in [0.15, 0.2) is 17.3 Å². The first kappa shape index (κ1) is 39.5. The highest BCUT2D eigenvalue weighted by Gasteiger charge is 2.32. The summed E-state index contributed by atoms with van der Waals surface area (Å²) in [6, 6.07) is 14.8. The maximum Gasteiger partial charge on any atom is 0.166 e. The van der Waals surface area contributed by atoms with Gasteiger partial charge in [0.1, 0.15) is 5.82 Å². The molecular weight excluding hydrogens is 599 g/mol. The highest BCUT2D eigenvalue weighted by molar-refractivity contribution is 5.97. The van der Waals surface area contributed by atoms with Crippen molar-refractivity contribution in [2.24, 2.45) is 5.92 Å². The monoisotopic (exact) mass is 662 g/mol. The van der Waals surface area contributed by atoms with E-state index in [9.17, 15) is 14.4 Å². The Morgan fingerprint density at radius 2 is 1.29 bits per heavy atom. The molecule has 0 spiro atoms. The molecule has 1 saturated heterocycles. The van der Waals surface area contributed by atoms with Gasteiger partial charge < -0.3 is 14.4 Å². The highest BCUT2D eigenvalue weighted by atomic mass is 19.1. The van der Waals surface area contributed by atoms with Gasteiger partial charge in [0.2, 0.25) is 0 Å². The largest absolute Gasteiger partial charge is 0.493 e. The Hall–Kier alpha value is -2.91. The molecule has 0 amide bonds. The average molecular weight is 663 g/mol. The van der Waals surface area contributed by atoms with E-state index in [2.05, 4.69) is 24.0 Å². The van der Waals surface area contributed by atoms with Gasteiger partial charge in [-0.3, -0.25) is 4.79 Å². The Labute approximate surface area is 291 Å². The number of hydrogen-bond acceptors (Lipinski definition) is 5. The van der Waals surface area contributed by atoms with E-state index in [1.165, 1.54) is 82.8 Å². The maximum atomic E-state index is 13.3. The van der Waals surface area contributed by atoms with Crippen molar-refractivity contribution < 1.29 is 18.7 Å². The number of rotatable bonds is 25. The SMILES string of the molecule is CCCCCCCCCCCCCCC(C#N)(CCCCCCN1CCC(C(=O)c2ccc(F)cc2)CC1)c1ccc(OC)c(OC)c1. The summed E-state index contributed by atoms with van der Waals surface area (Å²) in [5.41, 5.74) is 1.15. The van der Waals surface area contributed by atoms with Gasteiger partial charge in [-0.2, -0.15) is 5.26 Å². The van der Waals surface area contributed by atoms with E-state index < -0.39 is 5.41 Å². The van der Waals surface area contributed by atoms with Crippen molar-refractivity contribution in [2.75, 3.05) is 33.9 Å². The van der Waals surface area contributed by atoms with Gasteiger partial charge in [0.25, 0.3) is 0 Å². The second-order valence-electron chi connectivity index (χ2n) is 14.1. The summed E-state index contributed by atoms with van der Waals surface area (Å²) in [7, 11) is 3.31. The lowest BCUT2D eigenvalue weighted by Gasteiger charge is -2.31. The smallest absolute Gasteiger partial charge is 0.166 e. The van der Waals surface area contributed by atoms with Crippen molar-refractivity contribution >= 4 is 5.78 Å². The van der Waals surface area contributed by atoms with Crippen molar-refractivity contribution in [2.45, 2.75) is 141 Å². The lowest BCUT2D eigenvalue weighted by atomic mass is 9.73. The lowest BCUT2D eigenvalue weighted by molar-refractivity contribution is 0.0838. The first-order valence-corrected chi connectivity index (χ1v) is 19.1. The molecule has 1 aliphatic heterocycles. The Balaban J connectivity index is 1.41. The molecule has 1 unspecified atom stereocenters. The molecule has 1 heterocycles. The summed E-state index contributed by atoms with van der Waals surface area (Å²) in [6.45, 7) is 5.20. The van der Waals surface area contributed by atoms with Crippen LogP contribution in [0.25, 0.3) is 0 Å². The number of ether oxygens (including phenoxy) is 2. The number of benzene rings is 2. The molecule has 6 heteroatoms. The van der Waals surface area contributed by atoms with Gasteiger partial charge in [0, 0.05) is 11.5 Å². The summed E-state index contributed by atoms with van der Waals surface area (Å²) >= 11 is 0. The Morgan fingerprint density at radius 3 is 1.81 bits per heavy atom. The highest BCUT2D eigenvalue weighted by Crippen LogP contribution is 2.39. The van der Waals surface area contributed by atoms with Crippen LogP contribution in [0.4, 0.5) is 4.39 Å². The average Bonchev–Trinajstić information content (AvgIpc) is 3.12. The first-order chi connectivity index (χ1) is 23.5. The number of nitrogens with zero attached hydrogens (tertiary/aromatic N) is 2. The molecule has 2 aromatic carbocycles. The minimum Gasteiger partial charge on any atom is -0.493 e. The molecule has 2 aromatic rings. The number of nitriles is 1. The van der Waals surface area contributed by atoms with E-state index in [1.807, 2.05) is 12.1 Å². The van der Waals surface area contributed by atoms with Crippen molar-refractivity contribution in [3.63, 3.8) is 0 Å². The molecule has 1 atom stereocenters. The minimum atomic E-state index is -0.517. The second kappa shape index (κ2) is 22.7. The van der Waals surface area contributed by atoms with E-state index in [0.717, 1.165) is 83.0 Å². The third kappa shape index (κ3) is 13.2. The summed E-state index contributed by atoms with van der Waals surface area (Å²) in [6.07, 6.45) is 23.6. The predicted molar refractivity (Wildman–Crippen MR) is 196 cm³/mol. The second-order valence-corrected chi connectivity index (χ2v) is 14.1. The molecule has 0 bridgehead atoms. The quantitative estimate of drug-likeness (QED) is 0.0782. The molecule has 0 N–H and O–H groups in total. The fraction of sp³-hybridized carbons (Fsp3) is 0.667. The number of unbranched alkanes of at least 4 members (excludes halogenated alkanes) is 14. The van der Waals surface area contributed by atoms with E-state index in [0.29, 0.717) is 17.1 Å². The van der Waals surface area contributed by atoms with Gasteiger partial charge in [-0.25, -0.2) is 4.39 Å². The summed E-state index contributed by atoms with van der Waals surface area (Å²) in [5.74, 6) is 1.26. The molecule has 266 valence electrons. The van der Waals surface area contributed by atoms with Gasteiger partial charge >= 0.3 is 0 Å². The number of methoxy groups -OCH3 is 2. The molecule has 3 rings (SSSR count). The Kier molecular flexibility index (Phi) is 18.7. The fourth-order valence-corrected chi connectivity index (χ4v) is 7.38. The number of piperidine rings is 1. The molecule has 0 radical (unpaired) electrons. The van der Waals surface area contributed by atoms with Crippen LogP contribution in [0.5, 0.6) is 11.5 Å².